The van der Waals surface area contributed by atoms with E-state index in [9.17, 15) is 0 Å². The van der Waals surface area contributed by atoms with Crippen molar-refractivity contribution in [1.29, 1.82) is 0 Å². The highest BCUT2D eigenvalue weighted by molar-refractivity contribution is 7.80. The highest BCUT2D eigenvalue weighted by Crippen LogP contribution is 2.24. The summed E-state index contributed by atoms with van der Waals surface area (Å²) < 4.78 is 69.6. The maximum atomic E-state index is 8.63. The van der Waals surface area contributed by atoms with Crippen molar-refractivity contribution in [2.24, 2.45) is 14.1 Å². The zero-order chi connectivity index (χ0) is 25.7. The van der Waals surface area contributed by atoms with E-state index in [0.29, 0.717) is 11.8 Å². The van der Waals surface area contributed by atoms with Gasteiger partial charge in [0.25, 0.3) is 0 Å². The third-order valence-electron chi connectivity index (χ3n) is 4.29. The van der Waals surface area contributed by atoms with Crippen LogP contribution in [-0.4, -0.2) is 40.0 Å². The molecule has 1 aromatic carbocycles. The molecule has 0 spiro atoms. The highest BCUT2D eigenvalue weighted by Gasteiger charge is 2.14. The van der Waals surface area contributed by atoms with Crippen LogP contribution in [0.5, 0.6) is 0 Å². The van der Waals surface area contributed by atoms with Crippen molar-refractivity contribution >= 4 is 54.8 Å². The molecule has 16 heteroatoms. The van der Waals surface area contributed by atoms with Crippen LogP contribution >= 0.6 is 0 Å². The average molecular weight is 505 g/mol. The summed E-state index contributed by atoms with van der Waals surface area (Å²) in [6.45, 7) is 4.03. The largest absolute Gasteiger partial charge is 0.726 e. The second-order valence-electron chi connectivity index (χ2n) is 6.71. The van der Waals surface area contributed by atoms with Crippen LogP contribution in [-0.2, 0) is 34.9 Å². The Bertz CT molecular complexity index is 1310. The smallest absolute Gasteiger partial charge is 0.391 e. The lowest BCUT2D eigenvalue weighted by molar-refractivity contribution is -0.665. The van der Waals surface area contributed by atoms with Gasteiger partial charge >= 0.3 is 5.95 Å². The molecule has 0 bridgehead atoms. The Morgan fingerprint density at radius 3 is 1.88 bits per heavy atom. The lowest BCUT2D eigenvalue weighted by Crippen LogP contribution is -2.36. The van der Waals surface area contributed by atoms with Gasteiger partial charge in [-0.3, -0.25) is 14.8 Å². The fraction of sp³-hybridized carbons (Fsp3) is 0.235. The summed E-state index contributed by atoms with van der Waals surface area (Å²) in [4.78, 5) is 4.36. The van der Waals surface area contributed by atoms with Gasteiger partial charge in [0.05, 0.1) is 23.8 Å². The number of rotatable bonds is 2. The third-order valence-corrected chi connectivity index (χ3v) is 4.29. The van der Waals surface area contributed by atoms with Crippen LogP contribution in [0, 0.1) is 13.8 Å². The van der Waals surface area contributed by atoms with Gasteiger partial charge in [-0.15, -0.1) is 0 Å². The number of nitrogens with two attached hydrogens (primary N) is 2. The molecule has 3 rings (SSSR count). The fourth-order valence-electron chi connectivity index (χ4n) is 2.65. The molecule has 0 aliphatic heterocycles. The summed E-state index contributed by atoms with van der Waals surface area (Å²) in [5, 5.41) is 4.31. The van der Waals surface area contributed by atoms with Gasteiger partial charge < -0.3 is 20.2 Å². The topological polar surface area (TPSA) is 240 Å². The van der Waals surface area contributed by atoms with Crippen LogP contribution < -0.4 is 25.9 Å². The van der Waals surface area contributed by atoms with E-state index < -0.39 is 20.8 Å². The van der Waals surface area contributed by atoms with Crippen molar-refractivity contribution in [1.82, 2.24) is 4.98 Å². The summed E-state index contributed by atoms with van der Waals surface area (Å²) in [6.07, 6.45) is 0. The predicted octanol–water partition coefficient (Wildman–Crippen LogP) is -0.582. The second-order valence-corrected chi connectivity index (χ2v) is 8.42. The Morgan fingerprint density at radius 1 is 0.909 bits per heavy atom. The third kappa shape index (κ3) is 9.89. The first-order chi connectivity index (χ1) is 14.9. The van der Waals surface area contributed by atoms with E-state index in [4.69, 9.17) is 46.5 Å². The van der Waals surface area contributed by atoms with E-state index in [1.54, 1.807) is 0 Å². The summed E-state index contributed by atoms with van der Waals surface area (Å²) >= 11 is 0. The maximum Gasteiger partial charge on any atom is 0.391 e. The zero-order valence-corrected chi connectivity index (χ0v) is 19.7. The summed E-state index contributed by atoms with van der Waals surface area (Å²) in [6, 6.07) is 10.0. The molecule has 0 radical (unpaired) electrons. The second kappa shape index (κ2) is 10.6. The van der Waals surface area contributed by atoms with Gasteiger partial charge in [0.2, 0.25) is 32.1 Å². The SMILES string of the molecule is Cc1cc(Nc2ccc3c(c2)c(N)cc(C)[n+]3C)nc(N)[n+]1C.O=S(=O)([O-])O.O=S(=O)([O-])O. The molecule has 3 aromatic rings. The molecule has 0 saturated heterocycles. The Balaban J connectivity index is 0.000000460. The Kier molecular flexibility index (Phi) is 8.99. The quantitative estimate of drug-likeness (QED) is 0.167. The molecule has 0 aliphatic carbocycles. The summed E-state index contributed by atoms with van der Waals surface area (Å²) in [5.41, 5.74) is 17.0. The molecule has 0 unspecified atom stereocenters. The van der Waals surface area contributed by atoms with Crippen molar-refractivity contribution in [3.05, 3.63) is 41.7 Å². The Hall–Kier alpha value is -3.15. The number of aromatic nitrogens is 3. The van der Waals surface area contributed by atoms with E-state index in [1.807, 2.05) is 56.8 Å². The summed E-state index contributed by atoms with van der Waals surface area (Å²) in [5.74, 6) is 1.18. The van der Waals surface area contributed by atoms with Gasteiger partial charge in [0.15, 0.2) is 5.69 Å². The van der Waals surface area contributed by atoms with Crippen molar-refractivity contribution in [2.45, 2.75) is 13.8 Å². The van der Waals surface area contributed by atoms with Gasteiger partial charge in [-0.25, -0.2) is 21.4 Å². The molecule has 0 fully saturated rings. The van der Waals surface area contributed by atoms with Crippen molar-refractivity contribution in [3.8, 4) is 0 Å². The number of aryl methyl sites for hydroxylation is 3. The zero-order valence-electron chi connectivity index (χ0n) is 18.0. The van der Waals surface area contributed by atoms with Gasteiger partial charge in [-0.05, 0) is 19.1 Å². The average Bonchev–Trinajstić information content (AvgIpc) is 2.61. The molecule has 0 aliphatic rings. The minimum atomic E-state index is -4.92. The molecular weight excluding hydrogens is 480 g/mol. The van der Waals surface area contributed by atoms with Crippen molar-refractivity contribution in [3.63, 3.8) is 0 Å². The first-order valence-corrected chi connectivity index (χ1v) is 11.6. The number of pyridine rings is 1. The first-order valence-electron chi connectivity index (χ1n) is 8.82. The summed E-state index contributed by atoms with van der Waals surface area (Å²) in [7, 11) is -5.91. The molecule has 0 atom stereocenters. The lowest BCUT2D eigenvalue weighted by atomic mass is 10.1. The molecule has 0 saturated carbocycles. The van der Waals surface area contributed by atoms with Gasteiger partial charge in [0.1, 0.15) is 7.05 Å². The van der Waals surface area contributed by atoms with Crippen molar-refractivity contribution in [2.75, 3.05) is 16.8 Å². The molecular formula is C17H24N6O8S2. The standard InChI is InChI=1S/C17H20N6.2H2O4S/c1-10-7-14(18)13-9-12(5-6-15(13)22(10)3)20-16-8-11(2)23(4)17(19)21-16;2*1-5(2,3)4/h5-9,18H,1-4H3,(H2,19,20,21);2*(H2,1,2,3,4). The number of nitrogens with one attached hydrogen (secondary N) is 1. The van der Waals surface area contributed by atoms with Gasteiger partial charge in [-0.2, -0.15) is 4.57 Å². The molecule has 2 heterocycles. The van der Waals surface area contributed by atoms with E-state index >= 15 is 0 Å². The maximum absolute atomic E-state index is 8.63. The first kappa shape index (κ1) is 27.9. The monoisotopic (exact) mass is 504 g/mol. The molecule has 182 valence electrons. The van der Waals surface area contributed by atoms with Crippen LogP contribution in [0.25, 0.3) is 10.9 Å². The number of anilines is 4. The van der Waals surface area contributed by atoms with E-state index in [2.05, 4.69) is 20.9 Å². The lowest BCUT2D eigenvalue weighted by Gasteiger charge is -2.08. The van der Waals surface area contributed by atoms with Gasteiger partial charge in [0, 0.05) is 30.8 Å². The molecule has 33 heavy (non-hydrogen) atoms. The number of hydrogen-bond acceptors (Lipinski definition) is 10. The molecule has 2 aromatic heterocycles. The molecule has 7 N–H and O–H groups in total. The van der Waals surface area contributed by atoms with Crippen LogP contribution in [0.4, 0.5) is 23.1 Å². The molecule has 14 nitrogen and oxygen atoms in total. The van der Waals surface area contributed by atoms with E-state index in [-0.39, 0.29) is 0 Å². The number of fused-ring (bicyclic) bond motifs is 1. The number of nitrogen functional groups attached to an aromatic ring is 2. The predicted molar refractivity (Wildman–Crippen MR) is 117 cm³/mol. The van der Waals surface area contributed by atoms with Crippen molar-refractivity contribution < 1.29 is 44.2 Å². The van der Waals surface area contributed by atoms with E-state index in [0.717, 1.165) is 33.7 Å². The Labute approximate surface area is 190 Å². The van der Waals surface area contributed by atoms with Crippen LogP contribution in [0.15, 0.2) is 30.3 Å². The van der Waals surface area contributed by atoms with E-state index in [1.165, 1.54) is 0 Å². The number of benzene rings is 1. The number of hydrogen-bond donors (Lipinski definition) is 5. The fourth-order valence-corrected chi connectivity index (χ4v) is 2.65. The van der Waals surface area contributed by atoms with Crippen LogP contribution in [0.3, 0.4) is 0 Å². The molecule has 0 amide bonds. The van der Waals surface area contributed by atoms with Crippen LogP contribution in [0.1, 0.15) is 11.4 Å². The number of nitrogens with zero attached hydrogens (tertiary/aromatic N) is 3. The highest BCUT2D eigenvalue weighted by atomic mass is 32.3. The normalized spacial score (nSPS) is 11.2. The van der Waals surface area contributed by atoms with Gasteiger partial charge in [-0.1, -0.05) is 4.98 Å². The van der Waals surface area contributed by atoms with Crippen LogP contribution in [0.2, 0.25) is 0 Å². The Morgan fingerprint density at radius 2 is 1.39 bits per heavy atom. The minimum Gasteiger partial charge on any atom is -0.726 e. The minimum absolute atomic E-state index is 0.467.